The van der Waals surface area contributed by atoms with Gasteiger partial charge in [0.2, 0.25) is 5.89 Å². The van der Waals surface area contributed by atoms with E-state index in [1.54, 1.807) is 6.92 Å². The fourth-order valence-corrected chi connectivity index (χ4v) is 1.53. The van der Waals surface area contributed by atoms with Crippen LogP contribution in [0.25, 0.3) is 0 Å². The maximum Gasteiger partial charge on any atom is 0.300 e. The SMILES string of the molecule is Cc1cnc(CNC(=O)c2cc(N)ncc2[N+](=O)[O-])o1. The van der Waals surface area contributed by atoms with E-state index in [2.05, 4.69) is 15.3 Å². The topological polar surface area (TPSA) is 137 Å². The van der Waals surface area contributed by atoms with Crippen LogP contribution in [0.5, 0.6) is 0 Å². The zero-order chi connectivity index (χ0) is 14.7. The molecule has 9 heteroatoms. The summed E-state index contributed by atoms with van der Waals surface area (Å²) in [5, 5.41) is 13.3. The number of nitrogens with two attached hydrogens (primary N) is 1. The first-order chi connectivity index (χ1) is 9.47. The van der Waals surface area contributed by atoms with Gasteiger partial charge in [-0.25, -0.2) is 9.97 Å². The van der Waals surface area contributed by atoms with Crippen LogP contribution in [-0.4, -0.2) is 20.8 Å². The van der Waals surface area contributed by atoms with Crippen LogP contribution < -0.4 is 11.1 Å². The number of aryl methyl sites for hydroxylation is 1. The molecule has 9 nitrogen and oxygen atoms in total. The largest absolute Gasteiger partial charge is 0.444 e. The lowest BCUT2D eigenvalue weighted by Gasteiger charge is -2.04. The molecule has 20 heavy (non-hydrogen) atoms. The van der Waals surface area contributed by atoms with Crippen molar-refractivity contribution in [2.75, 3.05) is 5.73 Å². The number of nitrogens with one attached hydrogen (secondary N) is 1. The molecule has 0 radical (unpaired) electrons. The average molecular weight is 277 g/mol. The van der Waals surface area contributed by atoms with Crippen molar-refractivity contribution in [2.24, 2.45) is 0 Å². The van der Waals surface area contributed by atoms with Crippen LogP contribution in [0, 0.1) is 17.0 Å². The monoisotopic (exact) mass is 277 g/mol. The molecule has 104 valence electrons. The normalized spacial score (nSPS) is 10.2. The second-order valence-electron chi connectivity index (χ2n) is 3.93. The molecule has 0 aliphatic carbocycles. The molecule has 0 spiro atoms. The fraction of sp³-hybridized carbons (Fsp3) is 0.182. The Bertz CT molecular complexity index is 667. The minimum Gasteiger partial charge on any atom is -0.444 e. The van der Waals surface area contributed by atoms with Crippen molar-refractivity contribution in [3.63, 3.8) is 0 Å². The molecule has 0 aliphatic heterocycles. The van der Waals surface area contributed by atoms with Crippen LogP contribution in [0.1, 0.15) is 22.0 Å². The average Bonchev–Trinajstić information content (AvgIpc) is 2.81. The van der Waals surface area contributed by atoms with Gasteiger partial charge in [0.25, 0.3) is 11.6 Å². The molecule has 1 amide bonds. The number of nitrogens with zero attached hydrogens (tertiary/aromatic N) is 3. The third-order valence-electron chi connectivity index (χ3n) is 2.41. The fourth-order valence-electron chi connectivity index (χ4n) is 1.53. The van der Waals surface area contributed by atoms with Crippen LogP contribution in [0.2, 0.25) is 0 Å². The van der Waals surface area contributed by atoms with Gasteiger partial charge >= 0.3 is 0 Å². The Morgan fingerprint density at radius 3 is 2.85 bits per heavy atom. The maximum absolute atomic E-state index is 11.9. The van der Waals surface area contributed by atoms with Gasteiger partial charge in [-0.1, -0.05) is 0 Å². The van der Waals surface area contributed by atoms with Crippen LogP contribution in [0.15, 0.2) is 22.9 Å². The number of hydrogen-bond donors (Lipinski definition) is 2. The summed E-state index contributed by atoms with van der Waals surface area (Å²) >= 11 is 0. The van der Waals surface area contributed by atoms with Gasteiger partial charge in [-0.2, -0.15) is 0 Å². The molecule has 0 aliphatic rings. The quantitative estimate of drug-likeness (QED) is 0.622. The van der Waals surface area contributed by atoms with Gasteiger partial charge < -0.3 is 15.5 Å². The van der Waals surface area contributed by atoms with Crippen molar-refractivity contribution in [3.05, 3.63) is 45.8 Å². The van der Waals surface area contributed by atoms with Gasteiger partial charge in [0, 0.05) is 0 Å². The molecule has 0 unspecified atom stereocenters. The number of oxazole rings is 1. The van der Waals surface area contributed by atoms with E-state index in [0.717, 1.165) is 12.3 Å². The van der Waals surface area contributed by atoms with Crippen molar-refractivity contribution < 1.29 is 14.1 Å². The number of nitrogen functional groups attached to an aromatic ring is 1. The number of rotatable bonds is 4. The van der Waals surface area contributed by atoms with E-state index in [1.807, 2.05) is 0 Å². The number of amides is 1. The maximum atomic E-state index is 11.9. The van der Waals surface area contributed by atoms with Gasteiger partial charge in [-0.15, -0.1) is 0 Å². The van der Waals surface area contributed by atoms with Gasteiger partial charge in [-0.05, 0) is 13.0 Å². The first-order valence-electron chi connectivity index (χ1n) is 5.57. The number of nitro groups is 1. The van der Waals surface area contributed by atoms with Crippen molar-refractivity contribution >= 4 is 17.4 Å². The highest BCUT2D eigenvalue weighted by molar-refractivity contribution is 5.98. The first-order valence-corrected chi connectivity index (χ1v) is 5.57. The standard InChI is InChI=1S/C11H11N5O4/c1-6-3-14-10(20-6)5-15-11(17)7-2-9(12)13-4-8(7)16(18)19/h2-4H,5H2,1H3,(H2,12,13)(H,15,17). The predicted octanol–water partition coefficient (Wildman–Crippen LogP) is 0.798. The van der Waals surface area contributed by atoms with Crippen LogP contribution >= 0.6 is 0 Å². The number of anilines is 1. The Labute approximate surface area is 113 Å². The molecule has 0 saturated heterocycles. The molecule has 0 atom stereocenters. The molecule has 2 aromatic heterocycles. The molecule has 3 N–H and O–H groups in total. The molecule has 2 aromatic rings. The van der Waals surface area contributed by atoms with Crippen molar-refractivity contribution in [1.29, 1.82) is 0 Å². The summed E-state index contributed by atoms with van der Waals surface area (Å²) < 4.78 is 5.17. The molecular formula is C11H11N5O4. The first kappa shape index (κ1) is 13.5. The Balaban J connectivity index is 2.16. The molecule has 0 bridgehead atoms. The summed E-state index contributed by atoms with van der Waals surface area (Å²) in [6.45, 7) is 1.73. The summed E-state index contributed by atoms with van der Waals surface area (Å²) in [6, 6.07) is 1.15. The Hall–Kier alpha value is -2.97. The Kier molecular flexibility index (Phi) is 3.60. The van der Waals surface area contributed by atoms with Crippen molar-refractivity contribution in [1.82, 2.24) is 15.3 Å². The summed E-state index contributed by atoms with van der Waals surface area (Å²) in [7, 11) is 0. The van der Waals surface area contributed by atoms with E-state index in [0.29, 0.717) is 11.7 Å². The Morgan fingerprint density at radius 2 is 2.25 bits per heavy atom. The lowest BCUT2D eigenvalue weighted by Crippen LogP contribution is -2.24. The highest BCUT2D eigenvalue weighted by Gasteiger charge is 2.21. The van der Waals surface area contributed by atoms with E-state index in [4.69, 9.17) is 10.2 Å². The highest BCUT2D eigenvalue weighted by atomic mass is 16.6. The van der Waals surface area contributed by atoms with E-state index < -0.39 is 16.5 Å². The summed E-state index contributed by atoms with van der Waals surface area (Å²) in [4.78, 5) is 29.6. The molecular weight excluding hydrogens is 266 g/mol. The number of pyridine rings is 1. The minimum absolute atomic E-state index is 0.0199. The lowest BCUT2D eigenvalue weighted by molar-refractivity contribution is -0.385. The third-order valence-corrected chi connectivity index (χ3v) is 2.41. The number of aromatic nitrogens is 2. The summed E-state index contributed by atoms with van der Waals surface area (Å²) in [5.41, 5.74) is 4.85. The van der Waals surface area contributed by atoms with E-state index >= 15 is 0 Å². The van der Waals surface area contributed by atoms with Crippen molar-refractivity contribution in [2.45, 2.75) is 13.5 Å². The summed E-state index contributed by atoms with van der Waals surface area (Å²) in [5.74, 6) is 0.281. The van der Waals surface area contributed by atoms with Gasteiger partial charge in [0.05, 0.1) is 17.7 Å². The third kappa shape index (κ3) is 2.88. The van der Waals surface area contributed by atoms with Crippen molar-refractivity contribution in [3.8, 4) is 0 Å². The molecule has 0 saturated carbocycles. The zero-order valence-electron chi connectivity index (χ0n) is 10.5. The lowest BCUT2D eigenvalue weighted by atomic mass is 10.2. The van der Waals surface area contributed by atoms with Gasteiger partial charge in [0.1, 0.15) is 23.3 Å². The van der Waals surface area contributed by atoms with E-state index in [1.165, 1.54) is 6.20 Å². The zero-order valence-corrected chi connectivity index (χ0v) is 10.5. The second-order valence-corrected chi connectivity index (χ2v) is 3.93. The molecule has 2 heterocycles. The second kappa shape index (κ2) is 5.34. The number of carbonyl (C=O) groups is 1. The molecule has 2 rings (SSSR count). The van der Waals surface area contributed by atoms with Crippen LogP contribution in [0.3, 0.4) is 0 Å². The van der Waals surface area contributed by atoms with Crippen LogP contribution in [-0.2, 0) is 6.54 Å². The Morgan fingerprint density at radius 1 is 1.50 bits per heavy atom. The van der Waals surface area contributed by atoms with E-state index in [9.17, 15) is 14.9 Å². The molecule has 0 fully saturated rings. The van der Waals surface area contributed by atoms with Crippen LogP contribution in [0.4, 0.5) is 11.5 Å². The number of carbonyl (C=O) groups excluding carboxylic acids is 1. The summed E-state index contributed by atoms with van der Waals surface area (Å²) in [6.07, 6.45) is 2.45. The molecule has 0 aromatic carbocycles. The predicted molar refractivity (Wildman–Crippen MR) is 67.7 cm³/mol. The smallest absolute Gasteiger partial charge is 0.300 e. The minimum atomic E-state index is -0.698. The van der Waals surface area contributed by atoms with E-state index in [-0.39, 0.29) is 17.9 Å². The van der Waals surface area contributed by atoms with Gasteiger partial charge in [0.15, 0.2) is 0 Å². The number of hydrogen-bond acceptors (Lipinski definition) is 7. The highest BCUT2D eigenvalue weighted by Crippen LogP contribution is 2.18. The van der Waals surface area contributed by atoms with Gasteiger partial charge in [-0.3, -0.25) is 14.9 Å².